The van der Waals surface area contributed by atoms with Crippen molar-refractivity contribution in [1.82, 2.24) is 24.7 Å². The molecule has 0 aliphatic heterocycles. The van der Waals surface area contributed by atoms with Crippen molar-refractivity contribution in [2.24, 2.45) is 0 Å². The summed E-state index contributed by atoms with van der Waals surface area (Å²) < 4.78 is 16.0. The largest absolute Gasteiger partial charge is 0.310 e. The Kier molecular flexibility index (Phi) is 4.07. The molecule has 3 aromatic rings. The summed E-state index contributed by atoms with van der Waals surface area (Å²) in [6.07, 6.45) is 7.87. The summed E-state index contributed by atoms with van der Waals surface area (Å²) in [6.45, 7) is 1.67. The van der Waals surface area contributed by atoms with Gasteiger partial charge in [-0.1, -0.05) is 6.07 Å². The molecule has 5 rings (SSSR count). The molecule has 0 unspecified atom stereocenters. The maximum Gasteiger partial charge on any atom is 0.262 e. The average Bonchev–Trinajstić information content (AvgIpc) is 3.06. The van der Waals surface area contributed by atoms with Gasteiger partial charge in [-0.3, -0.25) is 9.78 Å². The molecule has 0 radical (unpaired) electrons. The van der Waals surface area contributed by atoms with E-state index in [1.807, 2.05) is 22.9 Å². The van der Waals surface area contributed by atoms with E-state index in [1.165, 1.54) is 0 Å². The first-order valence-electron chi connectivity index (χ1n) is 10.1. The Morgan fingerprint density at radius 1 is 1.18 bits per heavy atom. The van der Waals surface area contributed by atoms with Crippen molar-refractivity contribution in [3.05, 3.63) is 52.5 Å². The number of hydrogen-bond acceptors (Lipinski definition) is 4. The lowest BCUT2D eigenvalue weighted by molar-refractivity contribution is 0.103. The number of H-pyrrole nitrogens is 1. The highest BCUT2D eigenvalue weighted by Crippen LogP contribution is 2.47. The molecule has 2 saturated carbocycles. The smallest absolute Gasteiger partial charge is 0.262 e. The highest BCUT2D eigenvalue weighted by Gasteiger charge is 2.37. The van der Waals surface area contributed by atoms with Gasteiger partial charge >= 0.3 is 0 Å². The quantitative estimate of drug-likeness (QED) is 0.743. The molecule has 3 aromatic heterocycles. The van der Waals surface area contributed by atoms with Crippen LogP contribution in [0.2, 0.25) is 0 Å². The summed E-state index contributed by atoms with van der Waals surface area (Å²) in [5.74, 6) is 1.16. The lowest BCUT2D eigenvalue weighted by atomic mass is 9.71. The Balaban J connectivity index is 1.49. The molecule has 0 bridgehead atoms. The standard InChI is InChI=1S/C21H24FN5O/c1-21(22)9-7-13(8-10-21)27-19-16(12-24-27)20(28)26-18(25-19)15-6-5-14(15)17-4-2-3-11-23-17/h2-4,11-15H,5-10H2,1H3,(H,25,26,28)/t13?,14-,15+,21?/m0/s1. The third-order valence-corrected chi connectivity index (χ3v) is 6.52. The SMILES string of the molecule is CC1(F)CCC(n2ncc3c(=O)[nH]c([C@@H]4CC[C@@H]4c4ccccn4)nc32)CC1. The first-order chi connectivity index (χ1) is 13.5. The lowest BCUT2D eigenvalue weighted by Crippen LogP contribution is -2.29. The fraction of sp³-hybridized carbons (Fsp3) is 0.524. The lowest BCUT2D eigenvalue weighted by Gasteiger charge is -2.35. The van der Waals surface area contributed by atoms with Crippen LogP contribution >= 0.6 is 0 Å². The Bertz CT molecular complexity index is 1050. The highest BCUT2D eigenvalue weighted by atomic mass is 19.1. The van der Waals surface area contributed by atoms with Crippen LogP contribution in [0.25, 0.3) is 11.0 Å². The van der Waals surface area contributed by atoms with Gasteiger partial charge in [0.15, 0.2) is 5.65 Å². The molecule has 28 heavy (non-hydrogen) atoms. The molecule has 2 fully saturated rings. The van der Waals surface area contributed by atoms with E-state index in [0.29, 0.717) is 42.5 Å². The van der Waals surface area contributed by atoms with Gasteiger partial charge in [-0.2, -0.15) is 5.10 Å². The Morgan fingerprint density at radius 2 is 1.96 bits per heavy atom. The summed E-state index contributed by atoms with van der Waals surface area (Å²) in [7, 11) is 0. The van der Waals surface area contributed by atoms with Gasteiger partial charge in [0.25, 0.3) is 5.56 Å². The van der Waals surface area contributed by atoms with Crippen molar-refractivity contribution in [3.8, 4) is 0 Å². The van der Waals surface area contributed by atoms with Crippen LogP contribution in [0.1, 0.15) is 74.8 Å². The van der Waals surface area contributed by atoms with Crippen molar-refractivity contribution in [3.63, 3.8) is 0 Å². The molecule has 3 heterocycles. The van der Waals surface area contributed by atoms with Crippen LogP contribution in [0.3, 0.4) is 0 Å². The first-order valence-corrected chi connectivity index (χ1v) is 10.1. The molecule has 146 valence electrons. The van der Waals surface area contributed by atoms with Gasteiger partial charge in [0, 0.05) is 23.7 Å². The van der Waals surface area contributed by atoms with Crippen LogP contribution in [-0.2, 0) is 0 Å². The number of hydrogen-bond donors (Lipinski definition) is 1. The molecule has 2 atom stereocenters. The molecule has 0 amide bonds. The number of aromatic nitrogens is 5. The molecule has 2 aliphatic carbocycles. The van der Waals surface area contributed by atoms with Crippen molar-refractivity contribution < 1.29 is 4.39 Å². The van der Waals surface area contributed by atoms with Crippen LogP contribution in [-0.4, -0.2) is 30.4 Å². The van der Waals surface area contributed by atoms with Crippen LogP contribution in [0.15, 0.2) is 35.4 Å². The summed E-state index contributed by atoms with van der Waals surface area (Å²) in [6, 6.07) is 6.03. The fourth-order valence-electron chi connectivity index (χ4n) is 4.62. The summed E-state index contributed by atoms with van der Waals surface area (Å²) in [4.78, 5) is 24.9. The number of pyridine rings is 1. The number of nitrogens with one attached hydrogen (secondary N) is 1. The maximum absolute atomic E-state index is 14.2. The van der Waals surface area contributed by atoms with Gasteiger partial charge in [0.05, 0.1) is 12.2 Å². The zero-order valence-corrected chi connectivity index (χ0v) is 15.9. The summed E-state index contributed by atoms with van der Waals surface area (Å²) >= 11 is 0. The molecule has 0 spiro atoms. The number of nitrogens with zero attached hydrogens (tertiary/aromatic N) is 4. The van der Waals surface area contributed by atoms with E-state index in [0.717, 1.165) is 18.5 Å². The zero-order valence-electron chi connectivity index (χ0n) is 15.9. The van der Waals surface area contributed by atoms with Gasteiger partial charge in [-0.25, -0.2) is 14.1 Å². The molecule has 7 heteroatoms. The number of halogens is 1. The molecule has 1 N–H and O–H groups in total. The predicted octanol–water partition coefficient (Wildman–Crippen LogP) is 4.02. The Labute approximate surface area is 162 Å². The van der Waals surface area contributed by atoms with Gasteiger partial charge in [-0.05, 0) is 57.6 Å². The summed E-state index contributed by atoms with van der Waals surface area (Å²) in [5.41, 5.74) is 0.420. The van der Waals surface area contributed by atoms with Crippen LogP contribution in [0.4, 0.5) is 4.39 Å². The third-order valence-electron chi connectivity index (χ3n) is 6.52. The van der Waals surface area contributed by atoms with Crippen LogP contribution < -0.4 is 5.56 Å². The predicted molar refractivity (Wildman–Crippen MR) is 104 cm³/mol. The number of rotatable bonds is 3. The maximum atomic E-state index is 14.2. The van der Waals surface area contributed by atoms with E-state index in [9.17, 15) is 9.18 Å². The van der Waals surface area contributed by atoms with E-state index < -0.39 is 5.67 Å². The normalized spacial score (nSPS) is 30.3. The summed E-state index contributed by atoms with van der Waals surface area (Å²) in [5, 5.41) is 4.95. The number of alkyl halides is 1. The van der Waals surface area contributed by atoms with Crippen molar-refractivity contribution in [2.75, 3.05) is 0 Å². The Morgan fingerprint density at radius 3 is 2.64 bits per heavy atom. The van der Waals surface area contributed by atoms with E-state index in [-0.39, 0.29) is 23.4 Å². The zero-order chi connectivity index (χ0) is 19.3. The molecular weight excluding hydrogens is 357 g/mol. The molecule has 0 saturated heterocycles. The molecule has 6 nitrogen and oxygen atoms in total. The van der Waals surface area contributed by atoms with Gasteiger partial charge in [0.1, 0.15) is 16.9 Å². The van der Waals surface area contributed by atoms with E-state index in [4.69, 9.17) is 4.98 Å². The second-order valence-electron chi connectivity index (χ2n) is 8.47. The van der Waals surface area contributed by atoms with Gasteiger partial charge in [-0.15, -0.1) is 0 Å². The highest BCUT2D eigenvalue weighted by molar-refractivity contribution is 5.73. The van der Waals surface area contributed by atoms with Crippen LogP contribution in [0, 0.1) is 0 Å². The first kappa shape index (κ1) is 17.5. The third kappa shape index (κ3) is 2.93. The molecule has 0 aromatic carbocycles. The van der Waals surface area contributed by atoms with Gasteiger partial charge < -0.3 is 4.98 Å². The topological polar surface area (TPSA) is 76.5 Å². The number of aromatic amines is 1. The second-order valence-corrected chi connectivity index (χ2v) is 8.47. The molecule has 2 aliphatic rings. The second kappa shape index (κ2) is 6.50. The molecular formula is C21H24FN5O. The van der Waals surface area contributed by atoms with E-state index in [2.05, 4.69) is 15.1 Å². The van der Waals surface area contributed by atoms with Crippen molar-refractivity contribution in [1.29, 1.82) is 0 Å². The van der Waals surface area contributed by atoms with E-state index >= 15 is 0 Å². The minimum Gasteiger partial charge on any atom is -0.310 e. The van der Waals surface area contributed by atoms with Crippen LogP contribution in [0.5, 0.6) is 0 Å². The van der Waals surface area contributed by atoms with Crippen molar-refractivity contribution >= 4 is 11.0 Å². The minimum absolute atomic E-state index is 0.0939. The van der Waals surface area contributed by atoms with E-state index in [1.54, 1.807) is 19.3 Å². The average molecular weight is 381 g/mol. The number of fused-ring (bicyclic) bond motifs is 1. The fourth-order valence-corrected chi connectivity index (χ4v) is 4.62. The monoisotopic (exact) mass is 381 g/mol. The van der Waals surface area contributed by atoms with Crippen molar-refractivity contribution in [2.45, 2.75) is 69.0 Å². The minimum atomic E-state index is -1.10. The van der Waals surface area contributed by atoms with Gasteiger partial charge in [0.2, 0.25) is 0 Å². The Hall–Kier alpha value is -2.57.